The highest BCUT2D eigenvalue weighted by molar-refractivity contribution is 7.23. The molecule has 8 nitrogen and oxygen atoms in total. The fourth-order valence-electron chi connectivity index (χ4n) is 7.63. The van der Waals surface area contributed by atoms with Crippen LogP contribution in [0.5, 0.6) is 0 Å². The van der Waals surface area contributed by atoms with E-state index in [1.54, 1.807) is 42.7 Å². The lowest BCUT2D eigenvalue weighted by Crippen LogP contribution is -2.22. The summed E-state index contributed by atoms with van der Waals surface area (Å²) in [4.78, 5) is 26.9. The van der Waals surface area contributed by atoms with Crippen LogP contribution >= 0.6 is 11.3 Å². The number of nitrogens with zero attached hydrogens (tertiary/aromatic N) is 5. The van der Waals surface area contributed by atoms with Crippen LogP contribution in [0.25, 0.3) is 32.0 Å². The van der Waals surface area contributed by atoms with Gasteiger partial charge < -0.3 is 14.6 Å². The zero-order valence-electron chi connectivity index (χ0n) is 26.1. The second-order valence-corrected chi connectivity index (χ2v) is 13.8. The van der Waals surface area contributed by atoms with Crippen LogP contribution in [0.3, 0.4) is 0 Å². The van der Waals surface area contributed by atoms with Crippen LogP contribution < -0.4 is 5.32 Å². The molecule has 3 aliphatic rings. The van der Waals surface area contributed by atoms with Gasteiger partial charge in [0.15, 0.2) is 0 Å². The van der Waals surface area contributed by atoms with E-state index in [-0.39, 0.29) is 29.6 Å². The van der Waals surface area contributed by atoms with E-state index in [1.165, 1.54) is 18.2 Å². The second-order valence-electron chi connectivity index (χ2n) is 12.7. The number of thiophene rings is 1. The van der Waals surface area contributed by atoms with Crippen molar-refractivity contribution in [3.8, 4) is 21.9 Å². The van der Waals surface area contributed by atoms with E-state index in [0.29, 0.717) is 48.7 Å². The van der Waals surface area contributed by atoms with Crippen molar-refractivity contribution in [2.24, 2.45) is 0 Å². The number of hydrogen-bond acceptors (Lipinski definition) is 8. The van der Waals surface area contributed by atoms with Crippen molar-refractivity contribution >= 4 is 33.1 Å². The van der Waals surface area contributed by atoms with Crippen LogP contribution in [0.1, 0.15) is 75.7 Å². The molecular weight excluding hydrogens is 631 g/mol. The number of halogens is 2. The summed E-state index contributed by atoms with van der Waals surface area (Å²) in [6.07, 6.45) is 6.14. The zero-order chi connectivity index (χ0) is 32.5. The zero-order valence-corrected chi connectivity index (χ0v) is 26.9. The van der Waals surface area contributed by atoms with Crippen LogP contribution in [-0.2, 0) is 19.3 Å². The molecule has 240 valence electrons. The number of nitrogens with one attached hydrogen (secondary N) is 1. The standard InChI is InChI=1S/C37H30F2N6O2S/c1-19-43-44-36(47-19)30-27(13-9-20-7-10-22(38)11-8-20)41-33-28-6-3-17-45(28)37(46)32(33)31(30)29-18-21-15-16-40-35(34(21)48-29)42-26-14-12-23-24(26)4-2-5-25(23)39/h2,4-5,7-8,10-11,15-16,18,26,28H,3,6,9,12-14,17H2,1H3,(H,40,42)/t26-,28-/m0/s1. The van der Waals surface area contributed by atoms with E-state index in [9.17, 15) is 13.6 Å². The van der Waals surface area contributed by atoms with Crippen molar-refractivity contribution in [1.29, 1.82) is 0 Å². The van der Waals surface area contributed by atoms with Crippen molar-refractivity contribution < 1.29 is 18.0 Å². The maximum absolute atomic E-state index is 14.5. The Morgan fingerprint density at radius 3 is 2.73 bits per heavy atom. The Kier molecular flexibility index (Phi) is 6.86. The Morgan fingerprint density at radius 1 is 1.02 bits per heavy atom. The maximum Gasteiger partial charge on any atom is 0.257 e. The third-order valence-electron chi connectivity index (χ3n) is 9.85. The molecule has 1 saturated heterocycles. The largest absolute Gasteiger partial charge is 0.421 e. The third-order valence-corrected chi connectivity index (χ3v) is 11.0. The summed E-state index contributed by atoms with van der Waals surface area (Å²) in [6.45, 7) is 2.43. The molecule has 11 heteroatoms. The third kappa shape index (κ3) is 4.70. The number of aryl methyl sites for hydroxylation is 3. The molecule has 1 aliphatic carbocycles. The lowest BCUT2D eigenvalue weighted by Gasteiger charge is -2.16. The molecule has 0 saturated carbocycles. The van der Waals surface area contributed by atoms with Gasteiger partial charge in [0.25, 0.3) is 5.91 Å². The van der Waals surface area contributed by atoms with Gasteiger partial charge in [-0.1, -0.05) is 24.3 Å². The highest BCUT2D eigenvalue weighted by Crippen LogP contribution is 2.50. The molecule has 1 fully saturated rings. The monoisotopic (exact) mass is 660 g/mol. The molecule has 2 aromatic carbocycles. The molecule has 6 aromatic rings. The SMILES string of the molecule is Cc1nnc(-c2c(CCc3ccc(F)cc3)nc3c(c2-c2cc4ccnc(N[C@H]5CCc6c(F)cccc65)c4s2)C(=O)N2CCC[C@@H]32)o1. The summed E-state index contributed by atoms with van der Waals surface area (Å²) >= 11 is 1.55. The number of carbonyl (C=O) groups excluding carboxylic acids is 1. The normalized spacial score (nSPS) is 18.1. The summed E-state index contributed by atoms with van der Waals surface area (Å²) in [5, 5.41) is 13.2. The summed E-state index contributed by atoms with van der Waals surface area (Å²) in [5.41, 5.74) is 6.24. The van der Waals surface area contributed by atoms with Gasteiger partial charge >= 0.3 is 0 Å². The maximum atomic E-state index is 14.5. The Balaban J connectivity index is 1.21. The number of pyridine rings is 2. The highest BCUT2D eigenvalue weighted by Gasteiger charge is 2.45. The van der Waals surface area contributed by atoms with Crippen LogP contribution in [-0.4, -0.2) is 37.5 Å². The van der Waals surface area contributed by atoms with E-state index in [0.717, 1.165) is 73.7 Å². The fourth-order valence-corrected chi connectivity index (χ4v) is 8.80. The lowest BCUT2D eigenvalue weighted by molar-refractivity contribution is 0.0776. The van der Waals surface area contributed by atoms with Crippen LogP contribution in [0.2, 0.25) is 0 Å². The number of aromatic nitrogens is 4. The Morgan fingerprint density at radius 2 is 1.90 bits per heavy atom. The lowest BCUT2D eigenvalue weighted by atomic mass is 9.93. The number of amides is 1. The van der Waals surface area contributed by atoms with Gasteiger partial charge in [-0.15, -0.1) is 21.5 Å². The van der Waals surface area contributed by atoms with Crippen molar-refractivity contribution in [3.63, 3.8) is 0 Å². The molecule has 0 spiro atoms. The van der Waals surface area contributed by atoms with E-state index in [1.807, 2.05) is 17.0 Å². The van der Waals surface area contributed by atoms with Gasteiger partial charge in [-0.2, -0.15) is 0 Å². The smallest absolute Gasteiger partial charge is 0.257 e. The topological polar surface area (TPSA) is 97.0 Å². The predicted octanol–water partition coefficient (Wildman–Crippen LogP) is 8.17. The molecule has 0 unspecified atom stereocenters. The minimum atomic E-state index is -0.282. The van der Waals surface area contributed by atoms with E-state index in [4.69, 9.17) is 14.4 Å². The van der Waals surface area contributed by atoms with Gasteiger partial charge in [0, 0.05) is 30.1 Å². The summed E-state index contributed by atoms with van der Waals surface area (Å²) < 4.78 is 35.3. The molecule has 48 heavy (non-hydrogen) atoms. The van der Waals surface area contributed by atoms with Gasteiger partial charge in [-0.05, 0) is 90.9 Å². The summed E-state index contributed by atoms with van der Waals surface area (Å²) in [5.74, 6) is 0.956. The first-order valence-corrected chi connectivity index (χ1v) is 17.1. The van der Waals surface area contributed by atoms with Crippen molar-refractivity contribution in [1.82, 2.24) is 25.1 Å². The molecule has 1 N–H and O–H groups in total. The first kappa shape index (κ1) is 29.1. The predicted molar refractivity (Wildman–Crippen MR) is 179 cm³/mol. The average Bonchev–Trinajstić information content (AvgIpc) is 3.92. The van der Waals surface area contributed by atoms with Gasteiger partial charge in [0.05, 0.1) is 39.3 Å². The highest BCUT2D eigenvalue weighted by atomic mass is 32.1. The molecule has 2 aliphatic heterocycles. The van der Waals surface area contributed by atoms with Crippen molar-refractivity contribution in [2.75, 3.05) is 11.9 Å². The van der Waals surface area contributed by atoms with Gasteiger partial charge in [-0.25, -0.2) is 13.8 Å². The number of rotatable bonds is 7. The number of benzene rings is 2. The van der Waals surface area contributed by atoms with Crippen LogP contribution in [0, 0.1) is 18.6 Å². The molecule has 2 atom stereocenters. The minimum absolute atomic E-state index is 0.0314. The molecule has 9 rings (SSSR count). The van der Waals surface area contributed by atoms with E-state index in [2.05, 4.69) is 21.6 Å². The average molecular weight is 661 g/mol. The Labute approximate surface area is 278 Å². The van der Waals surface area contributed by atoms with Gasteiger partial charge in [-0.3, -0.25) is 9.78 Å². The Hall–Kier alpha value is -5.03. The van der Waals surface area contributed by atoms with Crippen LogP contribution in [0.4, 0.5) is 14.6 Å². The first-order chi connectivity index (χ1) is 23.4. The molecule has 4 aromatic heterocycles. The number of carbonyl (C=O) groups is 1. The van der Waals surface area contributed by atoms with Crippen molar-refractivity contribution in [2.45, 2.75) is 57.5 Å². The van der Waals surface area contributed by atoms with Gasteiger partial charge in [0.1, 0.15) is 17.5 Å². The fraction of sp³-hybridized carbons (Fsp3) is 0.270. The quantitative estimate of drug-likeness (QED) is 0.185. The van der Waals surface area contributed by atoms with Gasteiger partial charge in [0.2, 0.25) is 11.8 Å². The first-order valence-electron chi connectivity index (χ1n) is 16.3. The molecule has 1 amide bonds. The van der Waals surface area contributed by atoms with Crippen LogP contribution in [0.15, 0.2) is 65.2 Å². The van der Waals surface area contributed by atoms with E-state index < -0.39 is 0 Å². The summed E-state index contributed by atoms with van der Waals surface area (Å²) in [6, 6.07) is 15.7. The number of hydrogen-bond donors (Lipinski definition) is 1. The molecule has 6 heterocycles. The minimum Gasteiger partial charge on any atom is -0.421 e. The number of fused-ring (bicyclic) bond motifs is 5. The molecular formula is C37H30F2N6O2S. The second kappa shape index (κ2) is 11.3. The Bertz CT molecular complexity index is 2250. The van der Waals surface area contributed by atoms with E-state index >= 15 is 0 Å². The van der Waals surface area contributed by atoms with Crippen molar-refractivity contribution in [3.05, 3.63) is 112 Å². The molecule has 0 radical (unpaired) electrons. The number of anilines is 1. The molecule has 0 bridgehead atoms. The summed E-state index contributed by atoms with van der Waals surface area (Å²) in [7, 11) is 0.